The predicted molar refractivity (Wildman–Crippen MR) is 73.9 cm³/mol. The SMILES string of the molecule is CC(C)(C)O/S(C=N)=N/OOSc1ccccc1. The summed E-state index contributed by atoms with van der Waals surface area (Å²) in [6, 6.07) is 9.48. The first-order valence-corrected chi connectivity index (χ1v) is 7.12. The van der Waals surface area contributed by atoms with Gasteiger partial charge in [-0.3, -0.25) is 9.59 Å². The molecule has 0 heterocycles. The van der Waals surface area contributed by atoms with Gasteiger partial charge in [-0.15, -0.1) is 4.33 Å². The molecule has 0 spiro atoms. The van der Waals surface area contributed by atoms with Gasteiger partial charge in [0.1, 0.15) is 11.0 Å². The number of hydrogen-bond acceptors (Lipinski definition) is 6. The molecule has 1 rings (SSSR count). The number of nitrogens with zero attached hydrogens (tertiary/aromatic N) is 1. The Balaban J connectivity index is 2.36. The molecule has 0 aliphatic rings. The van der Waals surface area contributed by atoms with Gasteiger partial charge in [-0.2, -0.15) is 0 Å². The van der Waals surface area contributed by atoms with E-state index in [1.54, 1.807) is 0 Å². The van der Waals surface area contributed by atoms with Gasteiger partial charge in [0.2, 0.25) is 0 Å². The Morgan fingerprint density at radius 3 is 2.50 bits per heavy atom. The third-order valence-electron chi connectivity index (χ3n) is 1.44. The summed E-state index contributed by atoms with van der Waals surface area (Å²) < 4.78 is 13.9. The summed E-state index contributed by atoms with van der Waals surface area (Å²) in [4.78, 5) is 5.56. The fourth-order valence-corrected chi connectivity index (χ4v) is 2.06. The van der Waals surface area contributed by atoms with Crippen molar-refractivity contribution < 1.29 is 13.5 Å². The molecule has 0 aliphatic heterocycles. The van der Waals surface area contributed by atoms with Gasteiger partial charge < -0.3 is 0 Å². The molecule has 1 aromatic carbocycles. The first-order valence-electron chi connectivity index (χ1n) is 5.21. The molecule has 1 unspecified atom stereocenters. The van der Waals surface area contributed by atoms with E-state index in [1.807, 2.05) is 51.1 Å². The van der Waals surface area contributed by atoms with Crippen LogP contribution in [0.3, 0.4) is 0 Å². The predicted octanol–water partition coefficient (Wildman–Crippen LogP) is 3.70. The van der Waals surface area contributed by atoms with Crippen molar-refractivity contribution in [1.29, 1.82) is 5.41 Å². The van der Waals surface area contributed by atoms with Crippen molar-refractivity contribution in [2.45, 2.75) is 31.3 Å². The van der Waals surface area contributed by atoms with Gasteiger partial charge in [0.05, 0.1) is 23.2 Å². The van der Waals surface area contributed by atoms with Crippen LogP contribution in [0.2, 0.25) is 0 Å². The Bertz CT molecular complexity index is 404. The molecule has 1 atom stereocenters. The minimum atomic E-state index is -1.05. The average molecular weight is 288 g/mol. The number of hydrogen-bond donors (Lipinski definition) is 1. The molecule has 0 saturated heterocycles. The molecule has 0 fully saturated rings. The molecule has 0 radical (unpaired) electrons. The van der Waals surface area contributed by atoms with Crippen molar-refractivity contribution in [3.05, 3.63) is 30.3 Å². The zero-order valence-corrected chi connectivity index (χ0v) is 12.1. The zero-order valence-electron chi connectivity index (χ0n) is 10.5. The van der Waals surface area contributed by atoms with Crippen LogP contribution >= 0.6 is 12.0 Å². The summed E-state index contributed by atoms with van der Waals surface area (Å²) in [7, 11) is -1.05. The van der Waals surface area contributed by atoms with Gasteiger partial charge in [-0.05, 0) is 37.4 Å². The summed E-state index contributed by atoms with van der Waals surface area (Å²) in [6.07, 6.45) is 0. The van der Waals surface area contributed by atoms with E-state index in [2.05, 4.69) is 9.51 Å². The van der Waals surface area contributed by atoms with E-state index in [1.165, 1.54) is 0 Å². The Morgan fingerprint density at radius 1 is 1.28 bits per heavy atom. The molecule has 7 heteroatoms. The van der Waals surface area contributed by atoms with Crippen molar-refractivity contribution in [3.8, 4) is 0 Å². The smallest absolute Gasteiger partial charge is 0.109 e. The Kier molecular flexibility index (Phi) is 6.51. The Hall–Kier alpha value is -0.730. The van der Waals surface area contributed by atoms with E-state index < -0.39 is 11.0 Å². The van der Waals surface area contributed by atoms with Crippen LogP contribution in [0.4, 0.5) is 0 Å². The minimum Gasteiger partial charge on any atom is -0.298 e. The van der Waals surface area contributed by atoms with Crippen molar-refractivity contribution in [1.82, 2.24) is 0 Å². The van der Waals surface area contributed by atoms with Gasteiger partial charge in [-0.25, -0.2) is 0 Å². The van der Waals surface area contributed by atoms with E-state index in [4.69, 9.17) is 13.9 Å². The molecule has 5 nitrogen and oxygen atoms in total. The molecule has 1 N–H and O–H groups in total. The standard InChI is InChI=1S/C11H16N2O3S2/c1-11(2,3)14-18(9-12)13-15-16-17-10-7-5-4-6-8-10/h4-9,12H,1-3H3. The first-order chi connectivity index (χ1) is 8.51. The fourth-order valence-electron chi connectivity index (χ4n) is 0.890. The lowest BCUT2D eigenvalue weighted by molar-refractivity contribution is -0.188. The average Bonchev–Trinajstić information content (AvgIpc) is 2.33. The highest BCUT2D eigenvalue weighted by molar-refractivity contribution is 7.96. The van der Waals surface area contributed by atoms with Crippen LogP contribution in [0.1, 0.15) is 20.8 Å². The Morgan fingerprint density at radius 2 is 1.94 bits per heavy atom. The van der Waals surface area contributed by atoms with Crippen LogP contribution in [-0.4, -0.2) is 11.1 Å². The second-order valence-electron chi connectivity index (χ2n) is 4.20. The molecular weight excluding hydrogens is 272 g/mol. The highest BCUT2D eigenvalue weighted by Crippen LogP contribution is 2.18. The van der Waals surface area contributed by atoms with Gasteiger partial charge in [0, 0.05) is 4.90 Å². The fraction of sp³-hybridized carbons (Fsp3) is 0.364. The third kappa shape index (κ3) is 6.87. The normalized spacial score (nSPS) is 13.5. The van der Waals surface area contributed by atoms with Crippen molar-refractivity contribution in [2.24, 2.45) is 4.53 Å². The van der Waals surface area contributed by atoms with Crippen LogP contribution in [0.15, 0.2) is 39.8 Å². The van der Waals surface area contributed by atoms with Crippen LogP contribution < -0.4 is 0 Å². The lowest BCUT2D eigenvalue weighted by Crippen LogP contribution is -2.20. The van der Waals surface area contributed by atoms with E-state index in [-0.39, 0.29) is 5.60 Å². The molecule has 18 heavy (non-hydrogen) atoms. The monoisotopic (exact) mass is 288 g/mol. The molecule has 0 aromatic heterocycles. The van der Waals surface area contributed by atoms with Gasteiger partial charge in [-0.1, -0.05) is 23.2 Å². The molecule has 0 amide bonds. The summed E-state index contributed by atoms with van der Waals surface area (Å²) in [5.74, 6) is 0. The van der Waals surface area contributed by atoms with E-state index in [0.29, 0.717) is 0 Å². The number of nitrogens with one attached hydrogen (secondary N) is 1. The molecule has 0 aliphatic carbocycles. The van der Waals surface area contributed by atoms with Gasteiger partial charge in [0.15, 0.2) is 0 Å². The van der Waals surface area contributed by atoms with Crippen molar-refractivity contribution in [3.63, 3.8) is 0 Å². The summed E-state index contributed by atoms with van der Waals surface area (Å²) in [5, 5.41) is 7.17. The quantitative estimate of drug-likeness (QED) is 0.216. The highest BCUT2D eigenvalue weighted by Gasteiger charge is 2.13. The maximum atomic E-state index is 7.17. The molecule has 100 valence electrons. The number of rotatable bonds is 6. The second kappa shape index (κ2) is 7.65. The maximum Gasteiger partial charge on any atom is 0.109 e. The van der Waals surface area contributed by atoms with Crippen LogP contribution in [0.25, 0.3) is 0 Å². The van der Waals surface area contributed by atoms with E-state index in [0.717, 1.165) is 22.5 Å². The van der Waals surface area contributed by atoms with E-state index >= 15 is 0 Å². The second-order valence-corrected chi connectivity index (χ2v) is 6.08. The Labute approximate surface area is 114 Å². The largest absolute Gasteiger partial charge is 0.298 e. The molecule has 1 aromatic rings. The van der Waals surface area contributed by atoms with Crippen LogP contribution in [0, 0.1) is 5.41 Å². The van der Waals surface area contributed by atoms with Crippen LogP contribution in [-0.2, 0) is 24.5 Å². The van der Waals surface area contributed by atoms with E-state index in [9.17, 15) is 0 Å². The van der Waals surface area contributed by atoms with Crippen molar-refractivity contribution >= 4 is 28.6 Å². The minimum absolute atomic E-state index is 0.389. The maximum absolute atomic E-state index is 7.17. The highest BCUT2D eigenvalue weighted by atomic mass is 32.2. The van der Waals surface area contributed by atoms with Crippen molar-refractivity contribution in [2.75, 3.05) is 0 Å². The summed E-state index contributed by atoms with van der Waals surface area (Å²) >= 11 is 1.05. The topological polar surface area (TPSA) is 63.9 Å². The molecule has 0 saturated carbocycles. The molecular formula is C11H16N2O3S2. The van der Waals surface area contributed by atoms with Gasteiger partial charge >= 0.3 is 0 Å². The number of benzene rings is 1. The summed E-state index contributed by atoms with van der Waals surface area (Å²) in [5.41, 5.74) is 0.682. The summed E-state index contributed by atoms with van der Waals surface area (Å²) in [6.45, 7) is 5.64. The lowest BCUT2D eigenvalue weighted by Gasteiger charge is -2.17. The lowest BCUT2D eigenvalue weighted by atomic mass is 10.2. The van der Waals surface area contributed by atoms with Crippen LogP contribution in [0.5, 0.6) is 0 Å². The molecule has 0 bridgehead atoms. The first kappa shape index (κ1) is 15.3. The van der Waals surface area contributed by atoms with Gasteiger partial charge in [0.25, 0.3) is 0 Å². The third-order valence-corrected chi connectivity index (χ3v) is 3.12. The zero-order chi connectivity index (χ0) is 13.4.